The van der Waals surface area contributed by atoms with Gasteiger partial charge in [-0.25, -0.2) is 0 Å². The van der Waals surface area contributed by atoms with E-state index in [9.17, 15) is 0 Å². The number of piperidine rings is 1. The van der Waals surface area contributed by atoms with Gasteiger partial charge in [-0.3, -0.25) is 0 Å². The van der Waals surface area contributed by atoms with Crippen molar-refractivity contribution in [2.45, 2.75) is 39.2 Å². The Bertz CT molecular complexity index is 792. The molecule has 158 valence electrons. The largest absolute Gasteiger partial charge is 0.495 e. The van der Waals surface area contributed by atoms with Gasteiger partial charge in [0.15, 0.2) is 5.11 Å². The second-order valence-corrected chi connectivity index (χ2v) is 8.44. The number of hydrogen-bond acceptors (Lipinski definition) is 3. The van der Waals surface area contributed by atoms with Crippen LogP contribution >= 0.6 is 23.8 Å². The minimum Gasteiger partial charge on any atom is -0.495 e. The number of anilines is 1. The van der Waals surface area contributed by atoms with E-state index >= 15 is 0 Å². The van der Waals surface area contributed by atoms with Gasteiger partial charge in [-0.15, -0.1) is 0 Å². The third-order valence-electron chi connectivity index (χ3n) is 5.46. The molecule has 0 amide bonds. The summed E-state index contributed by atoms with van der Waals surface area (Å²) in [7, 11) is 1.64. The molecule has 0 aliphatic carbocycles. The summed E-state index contributed by atoms with van der Waals surface area (Å²) in [6, 6.07) is 7.68. The zero-order valence-corrected chi connectivity index (χ0v) is 18.9. The zero-order chi connectivity index (χ0) is 20.6. The molecule has 1 aliphatic rings. The fraction of sp³-hybridized carbons (Fsp3) is 0.500. The summed E-state index contributed by atoms with van der Waals surface area (Å²) in [5.41, 5.74) is 1.80. The van der Waals surface area contributed by atoms with Crippen molar-refractivity contribution in [3.63, 3.8) is 0 Å². The number of aryl methyl sites for hydroxylation is 1. The lowest BCUT2D eigenvalue weighted by atomic mass is 10.1. The van der Waals surface area contributed by atoms with E-state index in [0.29, 0.717) is 22.4 Å². The van der Waals surface area contributed by atoms with Crippen molar-refractivity contribution in [2.75, 3.05) is 38.6 Å². The lowest BCUT2D eigenvalue weighted by Gasteiger charge is -2.28. The van der Waals surface area contributed by atoms with E-state index in [1.54, 1.807) is 18.3 Å². The number of methoxy groups -OCH3 is 1. The second kappa shape index (κ2) is 10.9. The molecule has 3 rings (SSSR count). The maximum Gasteiger partial charge on any atom is 0.173 e. The van der Waals surface area contributed by atoms with Gasteiger partial charge in [0, 0.05) is 24.1 Å². The highest BCUT2D eigenvalue weighted by atomic mass is 35.5. The van der Waals surface area contributed by atoms with Crippen LogP contribution in [0.5, 0.6) is 5.75 Å². The number of nitrogens with one attached hydrogen (secondary N) is 2. The van der Waals surface area contributed by atoms with Gasteiger partial charge in [0.2, 0.25) is 0 Å². The average Bonchev–Trinajstić information content (AvgIpc) is 3.23. The monoisotopic (exact) mass is 436 g/mol. The lowest BCUT2D eigenvalue weighted by Crippen LogP contribution is -3.12. The molecule has 5 nitrogen and oxygen atoms in total. The summed E-state index contributed by atoms with van der Waals surface area (Å²) in [4.78, 5) is 3.88. The first-order chi connectivity index (χ1) is 14.1. The number of halogens is 1. The van der Waals surface area contributed by atoms with Gasteiger partial charge >= 0.3 is 0 Å². The number of benzene rings is 1. The van der Waals surface area contributed by atoms with Crippen LogP contribution in [0.1, 0.15) is 37.0 Å². The van der Waals surface area contributed by atoms with Crippen molar-refractivity contribution in [1.29, 1.82) is 0 Å². The Morgan fingerprint density at radius 2 is 2.10 bits per heavy atom. The van der Waals surface area contributed by atoms with Crippen molar-refractivity contribution in [2.24, 2.45) is 0 Å². The molecule has 2 heterocycles. The van der Waals surface area contributed by atoms with Crippen LogP contribution in [0.15, 0.2) is 34.9 Å². The van der Waals surface area contributed by atoms with Gasteiger partial charge in [-0.2, -0.15) is 0 Å². The Morgan fingerprint density at radius 1 is 1.31 bits per heavy atom. The molecule has 0 bridgehead atoms. The van der Waals surface area contributed by atoms with Crippen molar-refractivity contribution in [3.8, 4) is 5.75 Å². The predicted molar refractivity (Wildman–Crippen MR) is 122 cm³/mol. The minimum atomic E-state index is 0.642. The summed E-state index contributed by atoms with van der Waals surface area (Å²) in [6.45, 7) is 7.26. The molecule has 1 fully saturated rings. The maximum absolute atomic E-state index is 6.24. The fourth-order valence-corrected chi connectivity index (χ4v) is 4.21. The van der Waals surface area contributed by atoms with Crippen LogP contribution in [0, 0.1) is 6.92 Å². The molecular formula is C22H31ClN3O2S+. The fourth-order valence-electron chi connectivity index (χ4n) is 3.79. The van der Waals surface area contributed by atoms with Crippen molar-refractivity contribution < 1.29 is 14.1 Å². The van der Waals surface area contributed by atoms with E-state index in [2.05, 4.69) is 10.2 Å². The molecule has 29 heavy (non-hydrogen) atoms. The molecule has 1 aromatic heterocycles. The van der Waals surface area contributed by atoms with E-state index in [-0.39, 0.29) is 0 Å². The highest BCUT2D eigenvalue weighted by Crippen LogP contribution is 2.31. The number of ether oxygens (including phenoxy) is 1. The number of quaternary nitrogens is 1. The van der Waals surface area contributed by atoms with Crippen molar-refractivity contribution >= 4 is 34.6 Å². The lowest BCUT2D eigenvalue weighted by molar-refractivity contribution is -0.905. The third kappa shape index (κ3) is 6.36. The standard InChI is InChI=1S/C22H30ClN3O2S/c1-17-14-20(21(27-2)15-19(17)23)24-22(29)26(16-18-8-6-13-28-18)12-7-11-25-9-4-3-5-10-25/h6,8,13-15H,3-5,7,9-12,16H2,1-2H3,(H,24,29)/p+1. The molecule has 0 unspecified atom stereocenters. The Labute approximate surface area is 184 Å². The Kier molecular flexibility index (Phi) is 8.21. The van der Waals surface area contributed by atoms with Gasteiger partial charge in [-0.1, -0.05) is 11.6 Å². The van der Waals surface area contributed by atoms with E-state index in [4.69, 9.17) is 33.0 Å². The number of likely N-dealkylation sites (tertiary alicyclic amines) is 1. The van der Waals surface area contributed by atoms with Crippen LogP contribution in [-0.4, -0.2) is 43.3 Å². The van der Waals surface area contributed by atoms with Crippen LogP contribution in [0.25, 0.3) is 0 Å². The number of rotatable bonds is 8. The molecule has 1 aromatic carbocycles. The van der Waals surface area contributed by atoms with Gasteiger partial charge in [0.25, 0.3) is 0 Å². The van der Waals surface area contributed by atoms with Crippen LogP contribution in [0.2, 0.25) is 5.02 Å². The first kappa shape index (κ1) is 21.9. The molecule has 0 saturated carbocycles. The molecule has 2 N–H and O–H groups in total. The Hall–Kier alpha value is -1.76. The third-order valence-corrected chi connectivity index (χ3v) is 6.22. The van der Waals surface area contributed by atoms with Crippen LogP contribution in [-0.2, 0) is 6.54 Å². The topological polar surface area (TPSA) is 42.1 Å². The Morgan fingerprint density at radius 3 is 2.79 bits per heavy atom. The molecule has 7 heteroatoms. The molecule has 0 radical (unpaired) electrons. The minimum absolute atomic E-state index is 0.642. The summed E-state index contributed by atoms with van der Waals surface area (Å²) < 4.78 is 11.0. The highest BCUT2D eigenvalue weighted by Gasteiger charge is 2.17. The summed E-state index contributed by atoms with van der Waals surface area (Å²) >= 11 is 12.0. The molecular weight excluding hydrogens is 406 g/mol. The number of nitrogens with zero attached hydrogens (tertiary/aromatic N) is 1. The number of hydrogen-bond donors (Lipinski definition) is 2. The SMILES string of the molecule is COc1cc(Cl)c(C)cc1NC(=S)N(CCC[NH+]1CCCCC1)Cc1ccco1. The van der Waals surface area contributed by atoms with Crippen molar-refractivity contribution in [3.05, 3.63) is 46.9 Å². The second-order valence-electron chi connectivity index (χ2n) is 7.65. The van der Waals surface area contributed by atoms with Crippen LogP contribution in [0.3, 0.4) is 0 Å². The summed E-state index contributed by atoms with van der Waals surface area (Å²) in [5.74, 6) is 1.58. The van der Waals surface area contributed by atoms with Gasteiger partial charge < -0.3 is 24.3 Å². The molecule has 0 spiro atoms. The first-order valence-corrected chi connectivity index (χ1v) is 11.1. The number of furan rings is 1. The quantitative estimate of drug-likeness (QED) is 0.614. The van der Waals surface area contributed by atoms with Crippen molar-refractivity contribution in [1.82, 2.24) is 4.90 Å². The average molecular weight is 437 g/mol. The zero-order valence-electron chi connectivity index (χ0n) is 17.3. The maximum atomic E-state index is 6.24. The molecule has 2 aromatic rings. The molecule has 1 saturated heterocycles. The van der Waals surface area contributed by atoms with E-state index < -0.39 is 0 Å². The van der Waals surface area contributed by atoms with Gasteiger partial charge in [-0.05, 0) is 62.2 Å². The molecule has 0 atom stereocenters. The summed E-state index contributed by atoms with van der Waals surface area (Å²) in [5, 5.41) is 4.69. The van der Waals surface area contributed by atoms with Crippen LogP contribution < -0.4 is 15.0 Å². The van der Waals surface area contributed by atoms with E-state index in [0.717, 1.165) is 30.0 Å². The smallest absolute Gasteiger partial charge is 0.173 e. The summed E-state index contributed by atoms with van der Waals surface area (Å²) in [6.07, 6.45) is 6.87. The Balaban J connectivity index is 1.66. The predicted octanol–water partition coefficient (Wildman–Crippen LogP) is 3.91. The highest BCUT2D eigenvalue weighted by molar-refractivity contribution is 7.80. The molecule has 1 aliphatic heterocycles. The number of thiocarbonyl (C=S) groups is 1. The normalized spacial score (nSPS) is 14.6. The van der Waals surface area contributed by atoms with E-state index in [1.165, 1.54) is 38.9 Å². The van der Waals surface area contributed by atoms with Gasteiger partial charge in [0.1, 0.15) is 11.5 Å². The van der Waals surface area contributed by atoms with Crippen LogP contribution in [0.4, 0.5) is 5.69 Å². The van der Waals surface area contributed by atoms with Gasteiger partial charge in [0.05, 0.1) is 45.2 Å². The van der Waals surface area contributed by atoms with E-state index in [1.807, 2.05) is 31.2 Å². The first-order valence-electron chi connectivity index (χ1n) is 10.3.